The smallest absolute Gasteiger partial charge is 0.115 e. The second-order valence-corrected chi connectivity index (χ2v) is 9.69. The fourth-order valence-corrected chi connectivity index (χ4v) is 6.60. The van der Waals surface area contributed by atoms with Gasteiger partial charge in [-0.05, 0) is 98.6 Å². The molecule has 5 atom stereocenters. The molecule has 1 aromatic carbocycles. The Morgan fingerprint density at radius 3 is 2.90 bits per heavy atom. The molecule has 4 nitrogen and oxygen atoms in total. The molecule has 3 aliphatic rings. The maximum absolute atomic E-state index is 11.4. The summed E-state index contributed by atoms with van der Waals surface area (Å²) in [6.45, 7) is 7.34. The van der Waals surface area contributed by atoms with Gasteiger partial charge in [0.1, 0.15) is 5.75 Å². The number of aliphatic hydroxyl groups excluding tert-OH is 1. The Hall–Kier alpha value is -2.07. The second kappa shape index (κ2) is 6.73. The monoisotopic (exact) mass is 392 g/mol. The van der Waals surface area contributed by atoms with Gasteiger partial charge >= 0.3 is 0 Å². The first-order valence-electron chi connectivity index (χ1n) is 11.1. The molecule has 0 saturated heterocycles. The Labute approximate surface area is 173 Å². The first-order valence-corrected chi connectivity index (χ1v) is 11.1. The summed E-state index contributed by atoms with van der Waals surface area (Å²) in [7, 11) is 0. The van der Waals surface area contributed by atoms with Crippen molar-refractivity contribution in [3.63, 3.8) is 0 Å². The maximum Gasteiger partial charge on any atom is 0.115 e. The highest BCUT2D eigenvalue weighted by Crippen LogP contribution is 2.62. The van der Waals surface area contributed by atoms with E-state index in [9.17, 15) is 10.2 Å². The van der Waals surface area contributed by atoms with E-state index in [1.54, 1.807) is 0 Å². The molecule has 2 saturated carbocycles. The number of benzene rings is 1. The van der Waals surface area contributed by atoms with Crippen molar-refractivity contribution >= 4 is 6.08 Å². The SMILES string of the molecule is CCn1cc(/C=C2\C[C@H]3[C@H]4CCc5cc(O)ccc5[C@@H]4CC[C@]3(C)[C@@H]2O)c(C)n1. The summed E-state index contributed by atoms with van der Waals surface area (Å²) in [5.74, 6) is 2.08. The van der Waals surface area contributed by atoms with Crippen LogP contribution in [0.1, 0.15) is 67.8 Å². The lowest BCUT2D eigenvalue weighted by atomic mass is 9.55. The van der Waals surface area contributed by atoms with Gasteiger partial charge in [0.05, 0.1) is 11.8 Å². The minimum absolute atomic E-state index is 0.0317. The molecular formula is C25H32N2O2. The minimum atomic E-state index is -0.362. The molecule has 2 fully saturated rings. The van der Waals surface area contributed by atoms with Crippen LogP contribution >= 0.6 is 0 Å². The van der Waals surface area contributed by atoms with E-state index in [0.717, 1.165) is 49.9 Å². The van der Waals surface area contributed by atoms with Crippen molar-refractivity contribution in [1.82, 2.24) is 9.78 Å². The van der Waals surface area contributed by atoms with Crippen molar-refractivity contribution in [2.45, 2.75) is 71.4 Å². The van der Waals surface area contributed by atoms with Crippen molar-refractivity contribution in [3.8, 4) is 5.75 Å². The van der Waals surface area contributed by atoms with Gasteiger partial charge in [-0.1, -0.05) is 13.0 Å². The van der Waals surface area contributed by atoms with Crippen LogP contribution in [0.4, 0.5) is 0 Å². The summed E-state index contributed by atoms with van der Waals surface area (Å²) in [5.41, 5.74) is 6.10. The highest BCUT2D eigenvalue weighted by atomic mass is 16.3. The van der Waals surface area contributed by atoms with Gasteiger partial charge in [-0.25, -0.2) is 0 Å². The van der Waals surface area contributed by atoms with Gasteiger partial charge in [0.15, 0.2) is 0 Å². The van der Waals surface area contributed by atoms with Crippen LogP contribution in [-0.2, 0) is 13.0 Å². The third-order valence-corrected chi connectivity index (χ3v) is 8.23. The highest BCUT2D eigenvalue weighted by molar-refractivity contribution is 5.57. The number of phenolic OH excluding ortho intramolecular Hbond substituents is 1. The molecule has 3 aliphatic carbocycles. The largest absolute Gasteiger partial charge is 0.508 e. The van der Waals surface area contributed by atoms with Crippen LogP contribution in [-0.4, -0.2) is 26.1 Å². The van der Waals surface area contributed by atoms with Crippen molar-refractivity contribution in [2.24, 2.45) is 17.3 Å². The van der Waals surface area contributed by atoms with Crippen LogP contribution in [0.5, 0.6) is 5.75 Å². The normalized spacial score (nSPS) is 34.7. The number of aromatic nitrogens is 2. The summed E-state index contributed by atoms with van der Waals surface area (Å²) >= 11 is 0. The van der Waals surface area contributed by atoms with E-state index < -0.39 is 0 Å². The molecule has 5 rings (SSSR count). The van der Waals surface area contributed by atoms with Crippen molar-refractivity contribution in [3.05, 3.63) is 52.4 Å². The number of rotatable bonds is 2. The minimum Gasteiger partial charge on any atom is -0.508 e. The number of hydrogen-bond acceptors (Lipinski definition) is 3. The van der Waals surface area contributed by atoms with Crippen LogP contribution in [0, 0.1) is 24.2 Å². The summed E-state index contributed by atoms with van der Waals surface area (Å²) in [6.07, 6.45) is 9.33. The van der Waals surface area contributed by atoms with Crippen molar-refractivity contribution in [2.75, 3.05) is 0 Å². The number of fused-ring (bicyclic) bond motifs is 5. The first-order chi connectivity index (χ1) is 13.9. The number of hydrogen-bond donors (Lipinski definition) is 2. The average molecular weight is 393 g/mol. The average Bonchev–Trinajstić information content (AvgIpc) is 3.19. The molecule has 0 amide bonds. The van der Waals surface area contributed by atoms with E-state index in [-0.39, 0.29) is 11.5 Å². The zero-order valence-electron chi connectivity index (χ0n) is 17.7. The van der Waals surface area contributed by atoms with E-state index in [0.29, 0.717) is 23.5 Å². The van der Waals surface area contributed by atoms with Gasteiger partial charge in [-0.15, -0.1) is 0 Å². The molecule has 0 bridgehead atoms. The molecule has 0 aliphatic heterocycles. The lowest BCUT2D eigenvalue weighted by molar-refractivity contribution is -0.0158. The van der Waals surface area contributed by atoms with Gasteiger partial charge in [0, 0.05) is 23.7 Å². The summed E-state index contributed by atoms with van der Waals surface area (Å²) in [4.78, 5) is 0. The number of phenols is 1. The molecule has 0 radical (unpaired) electrons. The van der Waals surface area contributed by atoms with Crippen LogP contribution in [0.15, 0.2) is 30.0 Å². The Morgan fingerprint density at radius 2 is 2.14 bits per heavy atom. The number of nitrogens with zero attached hydrogens (tertiary/aromatic N) is 2. The number of aromatic hydroxyl groups is 1. The predicted octanol–water partition coefficient (Wildman–Crippen LogP) is 4.83. The molecule has 1 aromatic heterocycles. The van der Waals surface area contributed by atoms with E-state index in [2.05, 4.69) is 44.2 Å². The third-order valence-electron chi connectivity index (χ3n) is 8.23. The summed E-state index contributed by atoms with van der Waals surface area (Å²) in [5, 5.41) is 25.8. The Bertz CT molecular complexity index is 975. The topological polar surface area (TPSA) is 58.3 Å². The van der Waals surface area contributed by atoms with E-state index in [1.165, 1.54) is 16.7 Å². The fourth-order valence-electron chi connectivity index (χ4n) is 6.60. The predicted molar refractivity (Wildman–Crippen MR) is 115 cm³/mol. The lowest BCUT2D eigenvalue weighted by Crippen LogP contribution is -2.44. The fraction of sp³-hybridized carbons (Fsp3) is 0.560. The Kier molecular flexibility index (Phi) is 4.39. The van der Waals surface area contributed by atoms with Crippen LogP contribution < -0.4 is 0 Å². The zero-order chi connectivity index (χ0) is 20.3. The van der Waals surface area contributed by atoms with Crippen LogP contribution in [0.25, 0.3) is 6.08 Å². The van der Waals surface area contributed by atoms with Crippen LogP contribution in [0.3, 0.4) is 0 Å². The maximum atomic E-state index is 11.4. The molecule has 2 aromatic rings. The molecule has 4 heteroatoms. The van der Waals surface area contributed by atoms with Gasteiger partial charge in [0.25, 0.3) is 0 Å². The van der Waals surface area contributed by atoms with E-state index >= 15 is 0 Å². The second-order valence-electron chi connectivity index (χ2n) is 9.69. The molecular weight excluding hydrogens is 360 g/mol. The molecule has 2 N–H and O–H groups in total. The molecule has 0 spiro atoms. The summed E-state index contributed by atoms with van der Waals surface area (Å²) < 4.78 is 1.97. The quantitative estimate of drug-likeness (QED) is 0.770. The standard InChI is InChI=1S/C25H32N2O2/c1-4-27-14-18(15(2)26-27)11-17-13-23-22-7-5-16-12-19(28)6-8-20(16)21(22)9-10-25(23,3)24(17)29/h6,8,11-12,14,21-24,28-29H,4-5,7,9-10,13H2,1-3H3/b17-11+/t21-,22-,23-,24+,25-/m0/s1. The zero-order valence-corrected chi connectivity index (χ0v) is 17.7. The van der Waals surface area contributed by atoms with E-state index in [1.807, 2.05) is 16.8 Å². The molecule has 29 heavy (non-hydrogen) atoms. The van der Waals surface area contributed by atoms with Gasteiger partial charge in [0.2, 0.25) is 0 Å². The molecule has 154 valence electrons. The highest BCUT2D eigenvalue weighted by Gasteiger charge is 2.56. The molecule has 1 heterocycles. The first kappa shape index (κ1) is 18.9. The van der Waals surface area contributed by atoms with Crippen LogP contribution in [0.2, 0.25) is 0 Å². The van der Waals surface area contributed by atoms with E-state index in [4.69, 9.17) is 0 Å². The van der Waals surface area contributed by atoms with Gasteiger partial charge in [-0.2, -0.15) is 5.10 Å². The lowest BCUT2D eigenvalue weighted by Gasteiger charge is -2.49. The number of aliphatic hydroxyl groups is 1. The Morgan fingerprint density at radius 1 is 1.31 bits per heavy atom. The van der Waals surface area contributed by atoms with Gasteiger partial charge < -0.3 is 10.2 Å². The molecule has 0 unspecified atom stereocenters. The van der Waals surface area contributed by atoms with Crippen molar-refractivity contribution in [1.29, 1.82) is 0 Å². The number of aryl methyl sites for hydroxylation is 3. The third kappa shape index (κ3) is 2.87. The van der Waals surface area contributed by atoms with Crippen molar-refractivity contribution < 1.29 is 10.2 Å². The Balaban J connectivity index is 1.48. The summed E-state index contributed by atoms with van der Waals surface area (Å²) in [6, 6.07) is 5.95. The van der Waals surface area contributed by atoms with Gasteiger partial charge in [-0.3, -0.25) is 4.68 Å².